The molecule has 188 valence electrons. The number of ketones is 1. The fraction of sp³-hybridized carbons (Fsp3) is 0.552. The molecule has 1 aromatic heterocycles. The molecule has 6 heteroatoms. The van der Waals surface area contributed by atoms with Crippen LogP contribution in [-0.2, 0) is 4.43 Å². The Hall–Kier alpha value is -2.31. The van der Waals surface area contributed by atoms with E-state index in [4.69, 9.17) is 4.43 Å². The second-order valence-electron chi connectivity index (χ2n) is 11.9. The fourth-order valence-corrected chi connectivity index (χ4v) is 6.45. The van der Waals surface area contributed by atoms with Crippen LogP contribution in [0.25, 0.3) is 0 Å². The lowest BCUT2D eigenvalue weighted by molar-refractivity contribution is 0.0938. The zero-order valence-electron chi connectivity index (χ0n) is 22.2. The number of carbonyl (C=O) groups excluding carboxylic acids is 2. The van der Waals surface area contributed by atoms with E-state index in [1.807, 2.05) is 43.3 Å². The zero-order valence-corrected chi connectivity index (χ0v) is 23.2. The molecule has 35 heavy (non-hydrogen) atoms. The van der Waals surface area contributed by atoms with Crippen molar-refractivity contribution in [1.82, 2.24) is 10.3 Å². The zero-order chi connectivity index (χ0) is 25.5. The number of Topliss-reactive ketones (excluding diaryl/α,β-unsaturated/α-hetero) is 1. The Morgan fingerprint density at radius 2 is 1.74 bits per heavy atom. The second kappa shape index (κ2) is 9.62. The molecule has 0 bridgehead atoms. The summed E-state index contributed by atoms with van der Waals surface area (Å²) in [5, 5.41) is 3.46. The van der Waals surface area contributed by atoms with Gasteiger partial charge in [-0.3, -0.25) is 9.59 Å². The van der Waals surface area contributed by atoms with Crippen molar-refractivity contribution in [3.05, 3.63) is 65.0 Å². The minimum absolute atomic E-state index is 0.0131. The van der Waals surface area contributed by atoms with Gasteiger partial charge in [-0.1, -0.05) is 65.0 Å². The lowest BCUT2D eigenvalue weighted by atomic mass is 9.95. The van der Waals surface area contributed by atoms with Crippen molar-refractivity contribution < 1.29 is 14.0 Å². The van der Waals surface area contributed by atoms with Gasteiger partial charge in [0, 0.05) is 35.7 Å². The van der Waals surface area contributed by atoms with Crippen molar-refractivity contribution in [2.24, 2.45) is 11.8 Å². The summed E-state index contributed by atoms with van der Waals surface area (Å²) in [7, 11) is -1.78. The van der Waals surface area contributed by atoms with Crippen LogP contribution < -0.4 is 5.32 Å². The number of rotatable bonds is 8. The molecule has 1 heterocycles. The molecule has 2 saturated carbocycles. The summed E-state index contributed by atoms with van der Waals surface area (Å²) >= 11 is 0. The van der Waals surface area contributed by atoms with Crippen LogP contribution in [0.5, 0.6) is 0 Å². The van der Waals surface area contributed by atoms with Crippen LogP contribution in [0.4, 0.5) is 0 Å². The highest BCUT2D eigenvalue weighted by atomic mass is 28.4. The van der Waals surface area contributed by atoms with Crippen LogP contribution in [0.2, 0.25) is 18.1 Å². The third-order valence-corrected chi connectivity index (χ3v) is 13.0. The van der Waals surface area contributed by atoms with Gasteiger partial charge in [-0.05, 0) is 60.5 Å². The minimum atomic E-state index is -1.78. The van der Waals surface area contributed by atoms with Gasteiger partial charge in [0.2, 0.25) is 0 Å². The molecular weight excluding hydrogens is 452 g/mol. The van der Waals surface area contributed by atoms with Gasteiger partial charge in [0.05, 0.1) is 0 Å². The van der Waals surface area contributed by atoms with Gasteiger partial charge >= 0.3 is 0 Å². The Morgan fingerprint density at radius 1 is 1.11 bits per heavy atom. The molecule has 0 spiro atoms. The predicted molar refractivity (Wildman–Crippen MR) is 142 cm³/mol. The summed E-state index contributed by atoms with van der Waals surface area (Å²) in [6.45, 7) is 15.3. The molecule has 2 aromatic rings. The lowest BCUT2D eigenvalue weighted by Gasteiger charge is -2.39. The summed E-state index contributed by atoms with van der Waals surface area (Å²) in [6, 6.07) is 13.8. The third kappa shape index (κ3) is 5.43. The molecule has 0 aliphatic heterocycles. The lowest BCUT2D eigenvalue weighted by Crippen LogP contribution is -2.44. The number of fused-ring (bicyclic) bond motifs is 1. The van der Waals surface area contributed by atoms with E-state index in [0.717, 1.165) is 24.1 Å². The monoisotopic (exact) mass is 492 g/mol. The molecule has 5 nitrogen and oxygen atoms in total. The van der Waals surface area contributed by atoms with Crippen molar-refractivity contribution in [2.75, 3.05) is 0 Å². The maximum absolute atomic E-state index is 13.3. The maximum atomic E-state index is 13.3. The number of carbonyl (C=O) groups is 2. The standard InChI is InChI=1S/C29H40N2O3Si/c1-8-26(32)25-15-20(14-24(30-25)18(2)19-12-10-9-11-13-19)28(33)31-27-22-16-21(17-23(22)27)34-35(6,7)29(3,4)5/h9-15,18,21-23,27H,8,16-17H2,1-7H3,(H,31,33)/t18-,21?,22-,23+,27?/m0/s1. The first kappa shape index (κ1) is 25.8. The SMILES string of the molecule is CCC(=O)c1cc(C(=O)NC2[C@H]3CC(O[Si](C)(C)C(C)(C)C)C[C@@H]23)cc([C@@H](C)c2ccccc2)n1. The number of aromatic nitrogens is 1. The average molecular weight is 493 g/mol. The normalized spacial score (nSPS) is 24.5. The molecule has 1 aromatic carbocycles. The number of pyridine rings is 1. The second-order valence-corrected chi connectivity index (χ2v) is 16.6. The highest BCUT2D eigenvalue weighted by molar-refractivity contribution is 6.74. The molecule has 1 amide bonds. The Kier molecular flexibility index (Phi) is 7.08. The van der Waals surface area contributed by atoms with Crippen LogP contribution in [0, 0.1) is 11.8 Å². The van der Waals surface area contributed by atoms with E-state index < -0.39 is 8.32 Å². The predicted octanol–water partition coefficient (Wildman–Crippen LogP) is 6.35. The summed E-state index contributed by atoms with van der Waals surface area (Å²) in [5.41, 5.74) is 2.75. The molecule has 1 N–H and O–H groups in total. The Balaban J connectivity index is 1.45. The first-order chi connectivity index (χ1) is 16.4. The first-order valence-electron chi connectivity index (χ1n) is 13.0. The van der Waals surface area contributed by atoms with Gasteiger partial charge in [-0.15, -0.1) is 0 Å². The van der Waals surface area contributed by atoms with Crippen molar-refractivity contribution >= 4 is 20.0 Å². The smallest absolute Gasteiger partial charge is 0.251 e. The summed E-state index contributed by atoms with van der Waals surface area (Å²) < 4.78 is 6.62. The van der Waals surface area contributed by atoms with Crippen molar-refractivity contribution in [3.8, 4) is 0 Å². The molecule has 2 aliphatic carbocycles. The van der Waals surface area contributed by atoms with Crippen molar-refractivity contribution in [3.63, 3.8) is 0 Å². The first-order valence-corrected chi connectivity index (χ1v) is 15.9. The van der Waals surface area contributed by atoms with Gasteiger partial charge in [-0.2, -0.15) is 0 Å². The number of hydrogen-bond acceptors (Lipinski definition) is 4. The van der Waals surface area contributed by atoms with Crippen LogP contribution in [0.3, 0.4) is 0 Å². The van der Waals surface area contributed by atoms with Crippen LogP contribution >= 0.6 is 0 Å². The molecule has 2 unspecified atom stereocenters. The maximum Gasteiger partial charge on any atom is 0.251 e. The van der Waals surface area contributed by atoms with Crippen LogP contribution in [0.15, 0.2) is 42.5 Å². The number of nitrogens with zero attached hydrogens (tertiary/aromatic N) is 1. The van der Waals surface area contributed by atoms with Gasteiger partial charge in [0.15, 0.2) is 14.1 Å². The molecule has 4 rings (SSSR count). The number of amides is 1. The molecule has 5 atom stereocenters. The van der Waals surface area contributed by atoms with Gasteiger partial charge < -0.3 is 9.74 Å². The number of nitrogens with one attached hydrogen (secondary N) is 1. The van der Waals surface area contributed by atoms with Crippen LogP contribution in [0.1, 0.15) is 91.9 Å². The average Bonchev–Trinajstić information content (AvgIpc) is 3.25. The van der Waals surface area contributed by atoms with Crippen LogP contribution in [-0.4, -0.2) is 37.1 Å². The van der Waals surface area contributed by atoms with E-state index >= 15 is 0 Å². The van der Waals surface area contributed by atoms with E-state index in [2.05, 4.69) is 51.1 Å². The minimum Gasteiger partial charge on any atom is -0.414 e. The Morgan fingerprint density at radius 3 is 2.31 bits per heavy atom. The fourth-order valence-electron chi connectivity index (χ4n) is 5.07. The van der Waals surface area contributed by atoms with E-state index in [1.54, 1.807) is 6.07 Å². The number of hydrogen-bond donors (Lipinski definition) is 1. The largest absolute Gasteiger partial charge is 0.414 e. The van der Waals surface area contributed by atoms with Gasteiger partial charge in [0.25, 0.3) is 5.91 Å². The summed E-state index contributed by atoms with van der Waals surface area (Å²) in [6.07, 6.45) is 2.72. The van der Waals surface area contributed by atoms with E-state index in [0.29, 0.717) is 35.6 Å². The van der Waals surface area contributed by atoms with Gasteiger partial charge in [0.1, 0.15) is 5.69 Å². The molecule has 2 aliphatic rings. The summed E-state index contributed by atoms with van der Waals surface area (Å²) in [4.78, 5) is 30.4. The summed E-state index contributed by atoms with van der Waals surface area (Å²) in [5.74, 6) is 0.821. The molecule has 2 fully saturated rings. The van der Waals surface area contributed by atoms with Crippen molar-refractivity contribution in [1.29, 1.82) is 0 Å². The van der Waals surface area contributed by atoms with E-state index in [-0.39, 0.29) is 28.7 Å². The molecular formula is C29H40N2O3Si. The number of benzene rings is 1. The highest BCUT2D eigenvalue weighted by Gasteiger charge is 2.58. The van der Waals surface area contributed by atoms with Crippen molar-refractivity contribution in [2.45, 2.75) is 90.1 Å². The topological polar surface area (TPSA) is 68.3 Å². The third-order valence-electron chi connectivity index (χ3n) is 8.42. The van der Waals surface area contributed by atoms with E-state index in [1.165, 1.54) is 0 Å². The molecule has 0 saturated heterocycles. The quantitative estimate of drug-likeness (QED) is 0.344. The Labute approximate surface area is 211 Å². The van der Waals surface area contributed by atoms with E-state index in [9.17, 15) is 9.59 Å². The Bertz CT molecular complexity index is 1080. The highest BCUT2D eigenvalue weighted by Crippen LogP contribution is 2.54. The molecule has 0 radical (unpaired) electrons. The van der Waals surface area contributed by atoms with Gasteiger partial charge in [-0.25, -0.2) is 4.98 Å².